The van der Waals surface area contributed by atoms with Crippen molar-refractivity contribution >= 4 is 0 Å². The van der Waals surface area contributed by atoms with Gasteiger partial charge in [0.1, 0.15) is 0 Å². The Bertz CT molecular complexity index is 344. The monoisotopic (exact) mass is 246 g/mol. The zero-order valence-corrected chi connectivity index (χ0v) is 13.3. The Morgan fingerprint density at radius 2 is 1.67 bits per heavy atom. The van der Waals surface area contributed by atoms with Gasteiger partial charge in [-0.15, -0.1) is 5.73 Å². The minimum atomic E-state index is 0.197. The van der Waals surface area contributed by atoms with E-state index in [4.69, 9.17) is 0 Å². The van der Waals surface area contributed by atoms with Crippen LogP contribution in [0.4, 0.5) is 0 Å². The maximum atomic E-state index is 3.32. The van der Waals surface area contributed by atoms with E-state index in [-0.39, 0.29) is 5.41 Å². The molecule has 0 aromatic heterocycles. The zero-order valence-electron chi connectivity index (χ0n) is 13.3. The molecule has 0 saturated carbocycles. The molecule has 0 saturated heterocycles. The lowest BCUT2D eigenvalue weighted by atomic mass is 9.87. The first-order valence-corrected chi connectivity index (χ1v) is 6.93. The van der Waals surface area contributed by atoms with Gasteiger partial charge in [-0.25, -0.2) is 0 Å². The lowest BCUT2D eigenvalue weighted by Gasteiger charge is -2.18. The highest BCUT2D eigenvalue weighted by molar-refractivity contribution is 5.24. The highest BCUT2D eigenvalue weighted by atomic mass is 14.2. The van der Waals surface area contributed by atoms with Crippen LogP contribution in [0.25, 0.3) is 0 Å². The van der Waals surface area contributed by atoms with Gasteiger partial charge in [0.15, 0.2) is 0 Å². The lowest BCUT2D eigenvalue weighted by molar-refractivity contribution is 0.413. The molecule has 0 fully saturated rings. The Morgan fingerprint density at radius 1 is 1.06 bits per heavy atom. The van der Waals surface area contributed by atoms with Gasteiger partial charge in [0, 0.05) is 0 Å². The summed E-state index contributed by atoms with van der Waals surface area (Å²) >= 11 is 0. The van der Waals surface area contributed by atoms with Gasteiger partial charge in [0.2, 0.25) is 0 Å². The van der Waals surface area contributed by atoms with Gasteiger partial charge in [0.05, 0.1) is 0 Å². The normalized spacial score (nSPS) is 13.6. The van der Waals surface area contributed by atoms with Crippen LogP contribution in [0.15, 0.2) is 41.7 Å². The summed E-state index contributed by atoms with van der Waals surface area (Å²) in [5.74, 6) is 0. The van der Waals surface area contributed by atoms with Crippen LogP contribution < -0.4 is 0 Å². The lowest BCUT2D eigenvalue weighted by Crippen LogP contribution is -2.05. The zero-order chi connectivity index (χ0) is 14.2. The van der Waals surface area contributed by atoms with Crippen LogP contribution in [-0.2, 0) is 0 Å². The fourth-order valence-electron chi connectivity index (χ4n) is 1.50. The van der Waals surface area contributed by atoms with Crippen molar-refractivity contribution in [3.63, 3.8) is 0 Å². The molecule has 0 rings (SSSR count). The minimum Gasteiger partial charge on any atom is -0.124 e. The molecule has 0 aromatic carbocycles. The molecule has 0 N–H and O–H groups in total. The summed E-state index contributed by atoms with van der Waals surface area (Å²) in [5, 5.41) is 0. The predicted molar refractivity (Wildman–Crippen MR) is 83.7 cm³/mol. The summed E-state index contributed by atoms with van der Waals surface area (Å²) in [6, 6.07) is 0. The molecule has 0 aromatic rings. The van der Waals surface area contributed by atoms with Gasteiger partial charge in [-0.1, -0.05) is 66.7 Å². The van der Waals surface area contributed by atoms with Crippen LogP contribution in [0.2, 0.25) is 0 Å². The van der Waals surface area contributed by atoms with Gasteiger partial charge in [-0.05, 0) is 41.4 Å². The van der Waals surface area contributed by atoms with Crippen LogP contribution in [0.5, 0.6) is 0 Å². The second-order valence-electron chi connectivity index (χ2n) is 7.14. The molecule has 0 unspecified atom stereocenters. The molecule has 0 atom stereocenters. The molecular formula is C18H30. The van der Waals surface area contributed by atoms with Crippen molar-refractivity contribution in [2.45, 2.75) is 61.3 Å². The molecule has 102 valence electrons. The summed E-state index contributed by atoms with van der Waals surface area (Å²) in [6.07, 6.45) is 13.0. The molecule has 0 spiro atoms. The largest absolute Gasteiger partial charge is 0.124 e. The second-order valence-corrected chi connectivity index (χ2v) is 7.14. The highest BCUT2D eigenvalue weighted by Crippen LogP contribution is 2.24. The van der Waals surface area contributed by atoms with E-state index in [2.05, 4.69) is 84.6 Å². The Kier molecular flexibility index (Phi) is 7.02. The van der Waals surface area contributed by atoms with Crippen LogP contribution in [-0.4, -0.2) is 0 Å². The number of rotatable bonds is 4. The molecule has 0 radical (unpaired) electrons. The van der Waals surface area contributed by atoms with E-state index < -0.39 is 0 Å². The van der Waals surface area contributed by atoms with Crippen LogP contribution in [0.1, 0.15) is 61.3 Å². The second kappa shape index (κ2) is 7.44. The molecule has 0 aliphatic carbocycles. The van der Waals surface area contributed by atoms with E-state index in [1.54, 1.807) is 0 Å². The van der Waals surface area contributed by atoms with E-state index in [9.17, 15) is 0 Å². The molecule has 0 heteroatoms. The summed E-state index contributed by atoms with van der Waals surface area (Å²) in [4.78, 5) is 0. The smallest absolute Gasteiger partial charge is 0.0127 e. The minimum absolute atomic E-state index is 0.197. The van der Waals surface area contributed by atoms with Gasteiger partial charge < -0.3 is 0 Å². The third kappa shape index (κ3) is 11.5. The van der Waals surface area contributed by atoms with Crippen molar-refractivity contribution in [1.29, 1.82) is 0 Å². The third-order valence-electron chi connectivity index (χ3n) is 2.20. The van der Waals surface area contributed by atoms with Crippen molar-refractivity contribution < 1.29 is 0 Å². The highest BCUT2D eigenvalue weighted by Gasteiger charge is 2.11. The standard InChI is InChI=1S/C18H30/c1-8-9-10-12-16(15-18(5,6)7)13-11-14-17(2,3)4/h9-10,12-14H,8,15H2,1-7H3. The summed E-state index contributed by atoms with van der Waals surface area (Å²) in [5.41, 5.74) is 5.17. The van der Waals surface area contributed by atoms with E-state index in [0.29, 0.717) is 5.41 Å². The van der Waals surface area contributed by atoms with Gasteiger partial charge in [-0.2, -0.15) is 0 Å². The predicted octanol–water partition coefficient (Wildman–Crippen LogP) is 6.07. The van der Waals surface area contributed by atoms with Crippen molar-refractivity contribution in [1.82, 2.24) is 0 Å². The first kappa shape index (κ1) is 17.0. The van der Waals surface area contributed by atoms with Crippen molar-refractivity contribution in [3.8, 4) is 0 Å². The quantitative estimate of drug-likeness (QED) is 0.417. The van der Waals surface area contributed by atoms with E-state index in [1.165, 1.54) is 5.57 Å². The summed E-state index contributed by atoms with van der Waals surface area (Å²) < 4.78 is 0. The van der Waals surface area contributed by atoms with Crippen molar-refractivity contribution in [3.05, 3.63) is 41.7 Å². The molecule has 18 heavy (non-hydrogen) atoms. The van der Waals surface area contributed by atoms with Crippen LogP contribution >= 0.6 is 0 Å². The molecule has 0 bridgehead atoms. The fourth-order valence-corrected chi connectivity index (χ4v) is 1.50. The Morgan fingerprint density at radius 3 is 2.11 bits per heavy atom. The topological polar surface area (TPSA) is 0 Å². The molecule has 0 amide bonds. The van der Waals surface area contributed by atoms with Crippen molar-refractivity contribution in [2.75, 3.05) is 0 Å². The van der Waals surface area contributed by atoms with E-state index in [1.807, 2.05) is 0 Å². The fraction of sp³-hybridized carbons (Fsp3) is 0.611. The van der Waals surface area contributed by atoms with Gasteiger partial charge in [0.25, 0.3) is 0 Å². The van der Waals surface area contributed by atoms with Crippen LogP contribution in [0.3, 0.4) is 0 Å². The first-order chi connectivity index (χ1) is 8.14. The Hall–Kier alpha value is -1.00. The maximum Gasteiger partial charge on any atom is -0.0127 e. The number of hydrogen-bond donors (Lipinski definition) is 0. The van der Waals surface area contributed by atoms with E-state index >= 15 is 0 Å². The summed E-state index contributed by atoms with van der Waals surface area (Å²) in [7, 11) is 0. The first-order valence-electron chi connectivity index (χ1n) is 6.93. The third-order valence-corrected chi connectivity index (χ3v) is 2.20. The van der Waals surface area contributed by atoms with Crippen molar-refractivity contribution in [2.24, 2.45) is 10.8 Å². The SMILES string of the molecule is CCC=CC=C(C=C=CC(C)(C)C)CC(C)(C)C. The average molecular weight is 246 g/mol. The molecular weight excluding hydrogens is 216 g/mol. The number of hydrogen-bond acceptors (Lipinski definition) is 0. The molecule has 0 aliphatic heterocycles. The molecule has 0 aliphatic rings. The summed E-state index contributed by atoms with van der Waals surface area (Å²) in [6.45, 7) is 15.5. The van der Waals surface area contributed by atoms with Gasteiger partial charge in [-0.3, -0.25) is 0 Å². The Labute approximate surface area is 114 Å². The maximum absolute atomic E-state index is 3.32. The molecule has 0 nitrogen and oxygen atoms in total. The van der Waals surface area contributed by atoms with Gasteiger partial charge >= 0.3 is 0 Å². The number of allylic oxidation sites excluding steroid dienone is 5. The average Bonchev–Trinajstić information content (AvgIpc) is 2.13. The van der Waals surface area contributed by atoms with E-state index in [0.717, 1.165) is 12.8 Å². The Balaban J connectivity index is 4.95. The molecule has 0 heterocycles. The van der Waals surface area contributed by atoms with Crippen LogP contribution in [0, 0.1) is 10.8 Å².